The van der Waals surface area contributed by atoms with Gasteiger partial charge < -0.3 is 15.0 Å². The van der Waals surface area contributed by atoms with Crippen LogP contribution in [0.1, 0.15) is 19.8 Å². The van der Waals surface area contributed by atoms with Crippen LogP contribution >= 0.6 is 23.4 Å². The van der Waals surface area contributed by atoms with Crippen LogP contribution in [0.4, 0.5) is 5.69 Å². The van der Waals surface area contributed by atoms with Gasteiger partial charge in [-0.1, -0.05) is 23.7 Å². The minimum absolute atomic E-state index is 0.0371. The number of para-hydroxylation sites is 1. The van der Waals surface area contributed by atoms with E-state index in [2.05, 4.69) is 5.32 Å². The summed E-state index contributed by atoms with van der Waals surface area (Å²) in [6.07, 6.45) is 1.17. The third kappa shape index (κ3) is 3.23. The SMILES string of the molecule is C[C@@]12CCC(=O)N1[C@H](C(=O)OCC(=O)Nc1ccccc1Cl)CS2. The number of ether oxygens (including phenoxy) is 1. The Morgan fingerprint density at radius 1 is 1.46 bits per heavy atom. The lowest BCUT2D eigenvalue weighted by Crippen LogP contribution is -2.47. The van der Waals surface area contributed by atoms with Crippen molar-refractivity contribution in [3.63, 3.8) is 0 Å². The Balaban J connectivity index is 1.55. The van der Waals surface area contributed by atoms with Gasteiger partial charge in [0.1, 0.15) is 6.04 Å². The first-order valence-corrected chi connectivity index (χ1v) is 8.94. The van der Waals surface area contributed by atoms with E-state index in [0.29, 0.717) is 22.9 Å². The van der Waals surface area contributed by atoms with E-state index in [1.54, 1.807) is 40.9 Å². The molecule has 2 heterocycles. The number of fused-ring (bicyclic) bond motifs is 1. The Labute approximate surface area is 148 Å². The third-order valence-corrected chi connectivity index (χ3v) is 6.05. The Morgan fingerprint density at radius 2 is 2.21 bits per heavy atom. The lowest BCUT2D eigenvalue weighted by molar-refractivity contribution is -0.155. The number of esters is 1. The third-order valence-electron chi connectivity index (χ3n) is 4.21. The number of rotatable bonds is 4. The van der Waals surface area contributed by atoms with E-state index < -0.39 is 24.5 Å². The first-order chi connectivity index (χ1) is 11.4. The number of amides is 2. The molecule has 3 rings (SSSR count). The van der Waals surface area contributed by atoms with Gasteiger partial charge in [0.15, 0.2) is 6.61 Å². The number of hydrogen-bond acceptors (Lipinski definition) is 5. The molecule has 2 aliphatic heterocycles. The standard InChI is InChI=1S/C16H17ClN2O4S/c1-16-7-6-14(21)19(16)12(9-24-16)15(22)23-8-13(20)18-11-5-3-2-4-10(11)17/h2-5,12H,6-9H2,1H3,(H,18,20)/t12-,16+/m0/s1. The van der Waals surface area contributed by atoms with E-state index in [9.17, 15) is 14.4 Å². The molecule has 2 amide bonds. The summed E-state index contributed by atoms with van der Waals surface area (Å²) < 4.78 is 5.10. The van der Waals surface area contributed by atoms with Gasteiger partial charge in [0.2, 0.25) is 5.91 Å². The van der Waals surface area contributed by atoms with E-state index in [1.807, 2.05) is 6.92 Å². The number of hydrogen-bond donors (Lipinski definition) is 1. The molecule has 0 unspecified atom stereocenters. The van der Waals surface area contributed by atoms with Gasteiger partial charge in [-0.05, 0) is 25.5 Å². The number of anilines is 1. The van der Waals surface area contributed by atoms with Crippen molar-refractivity contribution >= 4 is 46.8 Å². The van der Waals surface area contributed by atoms with Crippen LogP contribution in [0.3, 0.4) is 0 Å². The summed E-state index contributed by atoms with van der Waals surface area (Å²) in [6.45, 7) is 1.55. The molecule has 1 aromatic carbocycles. The molecule has 1 N–H and O–H groups in total. The number of halogens is 1. The predicted octanol–water partition coefficient (Wildman–Crippen LogP) is 2.28. The van der Waals surface area contributed by atoms with Crippen LogP contribution in [-0.2, 0) is 19.1 Å². The second kappa shape index (κ2) is 6.64. The molecule has 0 bridgehead atoms. The molecule has 8 heteroatoms. The first-order valence-electron chi connectivity index (χ1n) is 7.58. The fraction of sp³-hybridized carbons (Fsp3) is 0.438. The van der Waals surface area contributed by atoms with Crippen molar-refractivity contribution in [3.05, 3.63) is 29.3 Å². The quantitative estimate of drug-likeness (QED) is 0.825. The summed E-state index contributed by atoms with van der Waals surface area (Å²) in [6, 6.07) is 6.18. The fourth-order valence-electron chi connectivity index (χ4n) is 2.98. The summed E-state index contributed by atoms with van der Waals surface area (Å²) in [4.78, 5) is 37.4. The Hall–Kier alpha value is -1.73. The van der Waals surface area contributed by atoms with Crippen LogP contribution in [0, 0.1) is 0 Å². The molecule has 128 valence electrons. The van der Waals surface area contributed by atoms with Gasteiger partial charge in [0, 0.05) is 12.2 Å². The van der Waals surface area contributed by atoms with E-state index in [4.69, 9.17) is 16.3 Å². The van der Waals surface area contributed by atoms with E-state index >= 15 is 0 Å². The molecule has 24 heavy (non-hydrogen) atoms. The second-order valence-corrected chi connectivity index (χ2v) is 7.81. The van der Waals surface area contributed by atoms with Crippen molar-refractivity contribution in [1.29, 1.82) is 0 Å². The molecule has 2 atom stereocenters. The Bertz CT molecular complexity index is 698. The molecule has 0 spiro atoms. The zero-order valence-electron chi connectivity index (χ0n) is 13.1. The molecular formula is C16H17ClN2O4S. The number of thioether (sulfide) groups is 1. The summed E-state index contributed by atoms with van der Waals surface area (Å²) >= 11 is 7.54. The van der Waals surface area contributed by atoms with Crippen LogP contribution in [-0.4, -0.2) is 46.0 Å². The average molecular weight is 369 g/mol. The predicted molar refractivity (Wildman–Crippen MR) is 91.8 cm³/mol. The monoisotopic (exact) mass is 368 g/mol. The molecule has 2 saturated heterocycles. The van der Waals surface area contributed by atoms with Crippen LogP contribution in [0.5, 0.6) is 0 Å². The van der Waals surface area contributed by atoms with Gasteiger partial charge in [-0.3, -0.25) is 9.59 Å². The van der Waals surface area contributed by atoms with Crippen molar-refractivity contribution in [2.75, 3.05) is 17.7 Å². The Morgan fingerprint density at radius 3 is 2.96 bits per heavy atom. The Kier molecular flexibility index (Phi) is 4.73. The number of carbonyl (C=O) groups is 3. The highest BCUT2D eigenvalue weighted by molar-refractivity contribution is 8.01. The van der Waals surface area contributed by atoms with Gasteiger partial charge in [-0.15, -0.1) is 11.8 Å². The lowest BCUT2D eigenvalue weighted by atomic mass is 10.2. The first kappa shape index (κ1) is 17.1. The maximum atomic E-state index is 12.3. The van der Waals surface area contributed by atoms with Crippen molar-refractivity contribution in [3.8, 4) is 0 Å². The minimum atomic E-state index is -0.622. The van der Waals surface area contributed by atoms with Crippen LogP contribution in [0.15, 0.2) is 24.3 Å². The summed E-state index contributed by atoms with van der Waals surface area (Å²) in [5.41, 5.74) is 0.457. The summed E-state index contributed by atoms with van der Waals surface area (Å²) in [5.74, 6) is -0.564. The molecule has 0 aromatic heterocycles. The minimum Gasteiger partial charge on any atom is -0.454 e. The van der Waals surface area contributed by atoms with Gasteiger partial charge in [-0.2, -0.15) is 0 Å². The molecule has 0 aliphatic carbocycles. The molecule has 0 saturated carbocycles. The molecule has 6 nitrogen and oxygen atoms in total. The van der Waals surface area contributed by atoms with Gasteiger partial charge in [0.05, 0.1) is 15.6 Å². The van der Waals surface area contributed by atoms with Gasteiger partial charge in [-0.25, -0.2) is 4.79 Å². The normalized spacial score (nSPS) is 25.5. The largest absolute Gasteiger partial charge is 0.454 e. The average Bonchev–Trinajstić information content (AvgIpc) is 3.04. The van der Waals surface area contributed by atoms with Crippen molar-refractivity contribution in [2.24, 2.45) is 0 Å². The number of nitrogens with one attached hydrogen (secondary N) is 1. The second-order valence-electron chi connectivity index (χ2n) is 5.90. The van der Waals surface area contributed by atoms with E-state index in [-0.39, 0.29) is 10.8 Å². The number of nitrogens with zero attached hydrogens (tertiary/aromatic N) is 1. The zero-order chi connectivity index (χ0) is 17.3. The highest BCUT2D eigenvalue weighted by Gasteiger charge is 2.53. The van der Waals surface area contributed by atoms with Crippen molar-refractivity contribution in [1.82, 2.24) is 4.90 Å². The lowest BCUT2D eigenvalue weighted by Gasteiger charge is -2.29. The summed E-state index contributed by atoms with van der Waals surface area (Å²) in [5, 5.41) is 2.99. The topological polar surface area (TPSA) is 75.7 Å². The molecule has 2 fully saturated rings. The fourth-order valence-corrected chi connectivity index (χ4v) is 4.58. The molecule has 1 aromatic rings. The number of benzene rings is 1. The van der Waals surface area contributed by atoms with Crippen LogP contribution in [0.25, 0.3) is 0 Å². The smallest absolute Gasteiger partial charge is 0.330 e. The summed E-state index contributed by atoms with van der Waals surface area (Å²) in [7, 11) is 0. The maximum absolute atomic E-state index is 12.3. The molecule has 0 radical (unpaired) electrons. The van der Waals surface area contributed by atoms with Crippen LogP contribution < -0.4 is 5.32 Å². The highest BCUT2D eigenvalue weighted by atomic mass is 35.5. The van der Waals surface area contributed by atoms with E-state index in [1.165, 1.54) is 0 Å². The van der Waals surface area contributed by atoms with Gasteiger partial charge in [0.25, 0.3) is 5.91 Å². The van der Waals surface area contributed by atoms with Crippen LogP contribution in [0.2, 0.25) is 5.02 Å². The maximum Gasteiger partial charge on any atom is 0.330 e. The van der Waals surface area contributed by atoms with Crippen molar-refractivity contribution < 1.29 is 19.1 Å². The zero-order valence-corrected chi connectivity index (χ0v) is 14.7. The van der Waals surface area contributed by atoms with Crippen molar-refractivity contribution in [2.45, 2.75) is 30.7 Å². The van der Waals surface area contributed by atoms with E-state index in [0.717, 1.165) is 6.42 Å². The number of carbonyl (C=O) groups excluding carboxylic acids is 3. The molecular weight excluding hydrogens is 352 g/mol. The highest BCUT2D eigenvalue weighted by Crippen LogP contribution is 2.47. The van der Waals surface area contributed by atoms with Gasteiger partial charge >= 0.3 is 5.97 Å². The molecule has 2 aliphatic rings.